The summed E-state index contributed by atoms with van der Waals surface area (Å²) in [6, 6.07) is 15.3. The summed E-state index contributed by atoms with van der Waals surface area (Å²) < 4.78 is 12.1. The third-order valence-electron chi connectivity index (χ3n) is 3.87. The Morgan fingerprint density at radius 1 is 1.21 bits per heavy atom. The molecule has 4 rings (SSSR count). The topological polar surface area (TPSA) is 60.5 Å². The molecule has 1 aromatic heterocycles. The smallest absolute Gasteiger partial charge is 0.231 e. The van der Waals surface area contributed by atoms with Crippen molar-refractivity contribution in [1.82, 2.24) is 4.98 Å². The van der Waals surface area contributed by atoms with Crippen LogP contribution in [0.15, 0.2) is 48.5 Å². The van der Waals surface area contributed by atoms with Crippen molar-refractivity contribution in [3.8, 4) is 11.5 Å². The van der Waals surface area contributed by atoms with Crippen LogP contribution in [0.2, 0.25) is 0 Å². The van der Waals surface area contributed by atoms with Gasteiger partial charge in [-0.1, -0.05) is 29.5 Å². The Balaban J connectivity index is 1.51. The number of carbonyl (C=O) groups is 1. The third kappa shape index (κ3) is 3.25. The van der Waals surface area contributed by atoms with Crippen LogP contribution in [0.1, 0.15) is 6.42 Å². The highest BCUT2D eigenvalue weighted by Gasteiger charge is 2.24. The molecular formula is C18H16N2O3S. The Hall–Kier alpha value is -2.44. The fraction of sp³-hybridized carbons (Fsp3) is 0.222. The molecule has 24 heavy (non-hydrogen) atoms. The molecule has 6 heteroatoms. The largest absolute Gasteiger partial charge is 0.457 e. The van der Waals surface area contributed by atoms with Crippen molar-refractivity contribution in [3.05, 3.63) is 48.5 Å². The Morgan fingerprint density at radius 2 is 2.08 bits per heavy atom. The van der Waals surface area contributed by atoms with Gasteiger partial charge in [-0.2, -0.15) is 0 Å². The highest BCUT2D eigenvalue weighted by Crippen LogP contribution is 2.31. The second-order valence-electron chi connectivity index (χ2n) is 5.61. The van der Waals surface area contributed by atoms with Gasteiger partial charge in [0.05, 0.1) is 22.7 Å². The molecule has 0 spiro atoms. The zero-order chi connectivity index (χ0) is 16.4. The van der Waals surface area contributed by atoms with Crippen LogP contribution in [0.5, 0.6) is 11.5 Å². The summed E-state index contributed by atoms with van der Waals surface area (Å²) in [4.78, 5) is 16.6. The number of amides is 1. The van der Waals surface area contributed by atoms with Gasteiger partial charge in [0.2, 0.25) is 5.91 Å². The van der Waals surface area contributed by atoms with E-state index in [9.17, 15) is 4.79 Å². The lowest BCUT2D eigenvalue weighted by atomic mass is 10.1. The van der Waals surface area contributed by atoms with Gasteiger partial charge in [-0.15, -0.1) is 0 Å². The van der Waals surface area contributed by atoms with E-state index in [1.807, 2.05) is 48.5 Å². The number of nitrogens with zero attached hydrogens (tertiary/aromatic N) is 1. The van der Waals surface area contributed by atoms with Crippen LogP contribution in [0.3, 0.4) is 0 Å². The number of benzene rings is 2. The summed E-state index contributed by atoms with van der Waals surface area (Å²) in [6.45, 7) is 1.14. The monoisotopic (exact) mass is 340 g/mol. The molecule has 1 unspecified atom stereocenters. The van der Waals surface area contributed by atoms with Gasteiger partial charge in [0.25, 0.3) is 0 Å². The van der Waals surface area contributed by atoms with Gasteiger partial charge in [0.1, 0.15) is 11.5 Å². The van der Waals surface area contributed by atoms with Gasteiger partial charge in [-0.3, -0.25) is 4.79 Å². The molecule has 1 atom stereocenters. The molecule has 3 aromatic rings. The van der Waals surface area contributed by atoms with E-state index in [1.54, 1.807) is 0 Å². The number of hydrogen-bond donors (Lipinski definition) is 1. The van der Waals surface area contributed by atoms with Gasteiger partial charge in [-0.05, 0) is 30.7 Å². The molecule has 1 saturated heterocycles. The molecule has 0 aliphatic carbocycles. The van der Waals surface area contributed by atoms with E-state index < -0.39 is 0 Å². The summed E-state index contributed by atoms with van der Waals surface area (Å²) in [6.07, 6.45) is 0.770. The molecular weight excluding hydrogens is 324 g/mol. The van der Waals surface area contributed by atoms with Gasteiger partial charge in [-0.25, -0.2) is 4.98 Å². The van der Waals surface area contributed by atoms with Crippen molar-refractivity contribution >= 4 is 32.6 Å². The van der Waals surface area contributed by atoms with Crippen LogP contribution in [0, 0.1) is 5.92 Å². The van der Waals surface area contributed by atoms with Crippen molar-refractivity contribution in [2.75, 3.05) is 18.5 Å². The fourth-order valence-electron chi connectivity index (χ4n) is 2.60. The zero-order valence-electron chi connectivity index (χ0n) is 12.9. The fourth-order valence-corrected chi connectivity index (χ4v) is 3.49. The number of carbonyl (C=O) groups excluding carboxylic acids is 1. The maximum absolute atomic E-state index is 12.2. The van der Waals surface area contributed by atoms with E-state index in [0.29, 0.717) is 18.3 Å². The van der Waals surface area contributed by atoms with Crippen LogP contribution in [-0.2, 0) is 9.53 Å². The Kier molecular flexibility index (Phi) is 4.15. The molecule has 2 aromatic carbocycles. The Labute approximate surface area is 143 Å². The quantitative estimate of drug-likeness (QED) is 0.778. The first-order valence-electron chi connectivity index (χ1n) is 7.80. The molecule has 1 aliphatic rings. The lowest BCUT2D eigenvalue weighted by Gasteiger charge is -2.05. The average molecular weight is 340 g/mol. The lowest BCUT2D eigenvalue weighted by molar-refractivity contribution is -0.119. The van der Waals surface area contributed by atoms with Gasteiger partial charge in [0, 0.05) is 12.7 Å². The summed E-state index contributed by atoms with van der Waals surface area (Å²) in [5.74, 6) is 1.44. The maximum Gasteiger partial charge on any atom is 0.231 e. The summed E-state index contributed by atoms with van der Waals surface area (Å²) in [7, 11) is 0. The number of para-hydroxylation sites is 1. The molecule has 1 fully saturated rings. The maximum atomic E-state index is 12.2. The van der Waals surface area contributed by atoms with Crippen LogP contribution in [0.4, 0.5) is 5.13 Å². The molecule has 0 bridgehead atoms. The summed E-state index contributed by atoms with van der Waals surface area (Å²) >= 11 is 1.45. The van der Waals surface area contributed by atoms with E-state index in [-0.39, 0.29) is 11.8 Å². The van der Waals surface area contributed by atoms with E-state index in [0.717, 1.165) is 28.1 Å². The number of fused-ring (bicyclic) bond motifs is 1. The van der Waals surface area contributed by atoms with Crippen molar-refractivity contribution in [1.29, 1.82) is 0 Å². The molecule has 0 saturated carbocycles. The van der Waals surface area contributed by atoms with Gasteiger partial charge < -0.3 is 14.8 Å². The van der Waals surface area contributed by atoms with Gasteiger partial charge in [0.15, 0.2) is 5.13 Å². The lowest BCUT2D eigenvalue weighted by Crippen LogP contribution is -2.22. The molecule has 2 heterocycles. The Morgan fingerprint density at radius 3 is 2.88 bits per heavy atom. The highest BCUT2D eigenvalue weighted by atomic mass is 32.1. The van der Waals surface area contributed by atoms with Crippen LogP contribution >= 0.6 is 11.3 Å². The average Bonchev–Trinajstić information content (AvgIpc) is 3.24. The minimum atomic E-state index is -0.0750. The summed E-state index contributed by atoms with van der Waals surface area (Å²) in [5.41, 5.74) is 0.846. The van der Waals surface area contributed by atoms with Crippen molar-refractivity contribution in [3.63, 3.8) is 0 Å². The van der Waals surface area contributed by atoms with Crippen LogP contribution in [-0.4, -0.2) is 24.1 Å². The molecule has 122 valence electrons. The van der Waals surface area contributed by atoms with Crippen molar-refractivity contribution in [2.24, 2.45) is 5.92 Å². The molecule has 0 radical (unpaired) electrons. The Bertz CT molecular complexity index is 857. The predicted molar refractivity (Wildman–Crippen MR) is 93.7 cm³/mol. The van der Waals surface area contributed by atoms with Crippen molar-refractivity contribution < 1.29 is 14.3 Å². The molecule has 1 aliphatic heterocycles. The second-order valence-corrected chi connectivity index (χ2v) is 6.64. The normalized spacial score (nSPS) is 17.1. The summed E-state index contributed by atoms with van der Waals surface area (Å²) in [5, 5.41) is 3.50. The van der Waals surface area contributed by atoms with Gasteiger partial charge >= 0.3 is 0 Å². The minimum Gasteiger partial charge on any atom is -0.457 e. The first-order chi connectivity index (χ1) is 11.8. The number of ether oxygens (including phenoxy) is 2. The highest BCUT2D eigenvalue weighted by molar-refractivity contribution is 7.22. The van der Waals surface area contributed by atoms with E-state index in [2.05, 4.69) is 10.3 Å². The van der Waals surface area contributed by atoms with E-state index in [1.165, 1.54) is 11.3 Å². The third-order valence-corrected chi connectivity index (χ3v) is 4.80. The number of rotatable bonds is 4. The van der Waals surface area contributed by atoms with E-state index >= 15 is 0 Å². The number of aromatic nitrogens is 1. The van der Waals surface area contributed by atoms with Crippen LogP contribution < -0.4 is 10.1 Å². The number of nitrogens with one attached hydrogen (secondary N) is 1. The zero-order valence-corrected chi connectivity index (χ0v) is 13.7. The first kappa shape index (κ1) is 15.1. The molecule has 1 N–H and O–H groups in total. The standard InChI is InChI=1S/C18H16N2O3S/c21-17(12-8-9-22-11-12)20-18-19-15-7-6-14(10-16(15)24-18)23-13-4-2-1-3-5-13/h1-7,10,12H,8-9,11H2,(H,19,20,21). The first-order valence-corrected chi connectivity index (χ1v) is 8.62. The molecule has 5 nitrogen and oxygen atoms in total. The number of hydrogen-bond acceptors (Lipinski definition) is 5. The van der Waals surface area contributed by atoms with Crippen LogP contribution in [0.25, 0.3) is 10.2 Å². The van der Waals surface area contributed by atoms with Crippen molar-refractivity contribution in [2.45, 2.75) is 6.42 Å². The predicted octanol–water partition coefficient (Wildman–Crippen LogP) is 4.06. The second kappa shape index (κ2) is 6.59. The SMILES string of the molecule is O=C(Nc1nc2ccc(Oc3ccccc3)cc2s1)C1CCOC1. The molecule has 1 amide bonds. The van der Waals surface area contributed by atoms with E-state index in [4.69, 9.17) is 9.47 Å². The number of anilines is 1. The minimum absolute atomic E-state index is 0.0210. The number of thiazole rings is 1.